The van der Waals surface area contributed by atoms with Crippen LogP contribution in [0.4, 0.5) is 0 Å². The van der Waals surface area contributed by atoms with E-state index in [-0.39, 0.29) is 24.5 Å². The van der Waals surface area contributed by atoms with Gasteiger partial charge < -0.3 is 15.0 Å². The lowest BCUT2D eigenvalue weighted by Crippen LogP contribution is -2.34. The summed E-state index contributed by atoms with van der Waals surface area (Å²) in [6, 6.07) is -0.0577. The van der Waals surface area contributed by atoms with E-state index in [1.54, 1.807) is 12.4 Å². The van der Waals surface area contributed by atoms with Gasteiger partial charge in [0.2, 0.25) is 11.8 Å². The van der Waals surface area contributed by atoms with Crippen LogP contribution in [0.15, 0.2) is 12.4 Å². The molecule has 0 unspecified atom stereocenters. The fraction of sp³-hybridized carbons (Fsp3) is 0.600. The summed E-state index contributed by atoms with van der Waals surface area (Å²) in [5.74, 6) is -0.125. The zero-order valence-electron chi connectivity index (χ0n) is 13.0. The van der Waals surface area contributed by atoms with E-state index in [4.69, 9.17) is 4.74 Å². The summed E-state index contributed by atoms with van der Waals surface area (Å²) < 4.78 is 5.21. The van der Waals surface area contributed by atoms with E-state index in [2.05, 4.69) is 15.3 Å². The van der Waals surface area contributed by atoms with E-state index in [0.717, 1.165) is 18.5 Å². The van der Waals surface area contributed by atoms with Gasteiger partial charge in [-0.25, -0.2) is 0 Å². The highest BCUT2D eigenvalue weighted by atomic mass is 16.5. The summed E-state index contributed by atoms with van der Waals surface area (Å²) in [4.78, 5) is 33.7. The van der Waals surface area contributed by atoms with Crippen LogP contribution in [0, 0.1) is 0 Å². The minimum Gasteiger partial charge on any atom is -0.372 e. The molecular formula is C15H22N4O3. The molecule has 0 saturated carbocycles. The quantitative estimate of drug-likeness (QED) is 0.841. The van der Waals surface area contributed by atoms with Gasteiger partial charge >= 0.3 is 0 Å². The Bertz CT molecular complexity index is 535. The molecule has 1 atom stereocenters. The molecule has 0 aromatic carbocycles. The number of hydrogen-bond donors (Lipinski definition) is 1. The van der Waals surface area contributed by atoms with Crippen LogP contribution in [0.2, 0.25) is 0 Å². The van der Waals surface area contributed by atoms with Crippen LogP contribution in [0.25, 0.3) is 0 Å². The number of amides is 2. The summed E-state index contributed by atoms with van der Waals surface area (Å²) >= 11 is 0. The maximum absolute atomic E-state index is 12.2. The number of rotatable bonds is 6. The number of carbonyl (C=O) groups is 2. The van der Waals surface area contributed by atoms with Crippen molar-refractivity contribution in [1.29, 1.82) is 0 Å². The lowest BCUT2D eigenvalue weighted by molar-refractivity contribution is -0.137. The summed E-state index contributed by atoms with van der Waals surface area (Å²) in [7, 11) is 0. The zero-order chi connectivity index (χ0) is 15.9. The lowest BCUT2D eigenvalue weighted by atomic mass is 10.1. The molecule has 1 N–H and O–H groups in total. The minimum absolute atomic E-state index is 0.0154. The van der Waals surface area contributed by atoms with E-state index < -0.39 is 0 Å². The summed E-state index contributed by atoms with van der Waals surface area (Å²) in [5.41, 5.74) is 1.46. The van der Waals surface area contributed by atoms with Crippen molar-refractivity contribution in [2.24, 2.45) is 0 Å². The zero-order valence-corrected chi connectivity index (χ0v) is 13.0. The van der Waals surface area contributed by atoms with Crippen LogP contribution in [0.5, 0.6) is 0 Å². The third-order valence-electron chi connectivity index (χ3n) is 3.57. The molecular weight excluding hydrogens is 284 g/mol. The van der Waals surface area contributed by atoms with Gasteiger partial charge in [0, 0.05) is 20.1 Å². The highest BCUT2D eigenvalue weighted by molar-refractivity contribution is 5.78. The molecule has 1 aliphatic heterocycles. The SMILES string of the molecule is CCOCC(=O)N1CCC[C@@H]1c1cncc(CNC(C)=O)n1. The van der Waals surface area contributed by atoms with Crippen molar-refractivity contribution < 1.29 is 14.3 Å². The van der Waals surface area contributed by atoms with Crippen molar-refractivity contribution in [2.75, 3.05) is 19.8 Å². The Morgan fingerprint density at radius 1 is 1.45 bits per heavy atom. The van der Waals surface area contributed by atoms with Gasteiger partial charge in [0.15, 0.2) is 0 Å². The highest BCUT2D eigenvalue weighted by Crippen LogP contribution is 2.30. The molecule has 7 nitrogen and oxygen atoms in total. The molecule has 2 amide bonds. The summed E-state index contributed by atoms with van der Waals surface area (Å²) in [5, 5.41) is 2.70. The first-order chi connectivity index (χ1) is 10.6. The first-order valence-electron chi connectivity index (χ1n) is 7.54. The molecule has 1 saturated heterocycles. The first-order valence-corrected chi connectivity index (χ1v) is 7.54. The van der Waals surface area contributed by atoms with Crippen LogP contribution >= 0.6 is 0 Å². The van der Waals surface area contributed by atoms with Gasteiger partial charge in [-0.15, -0.1) is 0 Å². The van der Waals surface area contributed by atoms with Crippen molar-refractivity contribution in [2.45, 2.75) is 39.3 Å². The lowest BCUT2D eigenvalue weighted by Gasteiger charge is -2.24. The average Bonchev–Trinajstić information content (AvgIpc) is 3.00. The van der Waals surface area contributed by atoms with Gasteiger partial charge in [0.1, 0.15) is 6.61 Å². The van der Waals surface area contributed by atoms with Crippen LogP contribution < -0.4 is 5.32 Å². The van der Waals surface area contributed by atoms with E-state index in [0.29, 0.717) is 25.4 Å². The normalized spacial score (nSPS) is 17.5. The second kappa shape index (κ2) is 7.84. The number of carbonyl (C=O) groups excluding carboxylic acids is 2. The molecule has 0 spiro atoms. The molecule has 0 aliphatic carbocycles. The van der Waals surface area contributed by atoms with Crippen LogP contribution in [-0.4, -0.2) is 46.4 Å². The summed E-state index contributed by atoms with van der Waals surface area (Å²) in [6.07, 6.45) is 5.13. The Morgan fingerprint density at radius 2 is 2.27 bits per heavy atom. The molecule has 1 fully saturated rings. The van der Waals surface area contributed by atoms with Crippen molar-refractivity contribution in [3.63, 3.8) is 0 Å². The van der Waals surface area contributed by atoms with Crippen molar-refractivity contribution >= 4 is 11.8 Å². The molecule has 1 aliphatic rings. The molecule has 7 heteroatoms. The Morgan fingerprint density at radius 3 is 3.00 bits per heavy atom. The van der Waals surface area contributed by atoms with Gasteiger partial charge in [-0.3, -0.25) is 19.6 Å². The molecule has 0 radical (unpaired) electrons. The predicted octanol–water partition coefficient (Wildman–Crippen LogP) is 0.813. The molecule has 2 heterocycles. The van der Waals surface area contributed by atoms with Crippen LogP contribution in [0.3, 0.4) is 0 Å². The van der Waals surface area contributed by atoms with Crippen molar-refractivity contribution in [3.05, 3.63) is 23.8 Å². The van der Waals surface area contributed by atoms with Crippen LogP contribution in [0.1, 0.15) is 44.1 Å². The number of ether oxygens (including phenoxy) is 1. The molecule has 120 valence electrons. The molecule has 1 aromatic heterocycles. The first kappa shape index (κ1) is 16.4. The van der Waals surface area contributed by atoms with Gasteiger partial charge in [-0.05, 0) is 19.8 Å². The van der Waals surface area contributed by atoms with E-state index in [1.165, 1.54) is 6.92 Å². The maximum atomic E-state index is 12.2. The topological polar surface area (TPSA) is 84.4 Å². The van der Waals surface area contributed by atoms with Gasteiger partial charge in [-0.1, -0.05) is 0 Å². The summed E-state index contributed by atoms with van der Waals surface area (Å²) in [6.45, 7) is 5.01. The van der Waals surface area contributed by atoms with E-state index >= 15 is 0 Å². The third-order valence-corrected chi connectivity index (χ3v) is 3.57. The second-order valence-corrected chi connectivity index (χ2v) is 5.23. The fourth-order valence-corrected chi connectivity index (χ4v) is 2.53. The van der Waals surface area contributed by atoms with Crippen molar-refractivity contribution in [3.8, 4) is 0 Å². The Kier molecular flexibility index (Phi) is 5.83. The fourth-order valence-electron chi connectivity index (χ4n) is 2.53. The van der Waals surface area contributed by atoms with Gasteiger partial charge in [-0.2, -0.15) is 0 Å². The van der Waals surface area contributed by atoms with Crippen molar-refractivity contribution in [1.82, 2.24) is 20.2 Å². The number of likely N-dealkylation sites (tertiary alicyclic amines) is 1. The largest absolute Gasteiger partial charge is 0.372 e. The average molecular weight is 306 g/mol. The monoisotopic (exact) mass is 306 g/mol. The minimum atomic E-state index is -0.110. The number of nitrogens with zero attached hydrogens (tertiary/aromatic N) is 3. The second-order valence-electron chi connectivity index (χ2n) is 5.23. The number of nitrogens with one attached hydrogen (secondary N) is 1. The van der Waals surface area contributed by atoms with Gasteiger partial charge in [0.05, 0.1) is 36.4 Å². The third kappa shape index (κ3) is 4.24. The molecule has 1 aromatic rings. The molecule has 2 rings (SSSR count). The molecule has 0 bridgehead atoms. The predicted molar refractivity (Wildman–Crippen MR) is 79.7 cm³/mol. The van der Waals surface area contributed by atoms with E-state index in [1.807, 2.05) is 11.8 Å². The van der Waals surface area contributed by atoms with E-state index in [9.17, 15) is 9.59 Å². The van der Waals surface area contributed by atoms with Crippen LogP contribution in [-0.2, 0) is 20.9 Å². The Balaban J connectivity index is 2.07. The molecule has 22 heavy (non-hydrogen) atoms. The maximum Gasteiger partial charge on any atom is 0.249 e. The smallest absolute Gasteiger partial charge is 0.249 e. The standard InChI is InChI=1S/C15H22N4O3/c1-3-22-10-15(21)19-6-4-5-14(19)13-9-16-7-12(18-13)8-17-11(2)20/h7,9,14H,3-6,8,10H2,1-2H3,(H,17,20)/t14-/m1/s1. The number of aromatic nitrogens is 2. The Labute approximate surface area is 130 Å². The number of hydrogen-bond acceptors (Lipinski definition) is 5. The Hall–Kier alpha value is -2.02. The van der Waals surface area contributed by atoms with Gasteiger partial charge in [0.25, 0.3) is 0 Å². The highest BCUT2D eigenvalue weighted by Gasteiger charge is 2.31.